The number of pyridine rings is 1. The zero-order valence-corrected chi connectivity index (χ0v) is 18.0. The predicted octanol–water partition coefficient (Wildman–Crippen LogP) is 2.82. The van der Waals surface area contributed by atoms with E-state index in [1.807, 2.05) is 6.92 Å². The number of rotatable bonds is 5. The molecular formula is C23H34N4O2. The van der Waals surface area contributed by atoms with Crippen molar-refractivity contribution in [1.29, 1.82) is 0 Å². The van der Waals surface area contributed by atoms with Crippen molar-refractivity contribution in [3.63, 3.8) is 0 Å². The Morgan fingerprint density at radius 2 is 2.03 bits per heavy atom. The average Bonchev–Trinajstić information content (AvgIpc) is 2.70. The number of carbonyl (C=O) groups is 2. The maximum absolute atomic E-state index is 12.9. The number of anilines is 1. The lowest BCUT2D eigenvalue weighted by Gasteiger charge is -2.56. The van der Waals surface area contributed by atoms with E-state index in [9.17, 15) is 9.59 Å². The first-order valence-electron chi connectivity index (χ1n) is 11.2. The molecule has 3 saturated heterocycles. The van der Waals surface area contributed by atoms with Gasteiger partial charge >= 0.3 is 0 Å². The van der Waals surface area contributed by atoms with Crippen molar-refractivity contribution in [2.45, 2.75) is 71.4 Å². The van der Waals surface area contributed by atoms with Crippen LogP contribution in [0.25, 0.3) is 0 Å². The van der Waals surface area contributed by atoms with Crippen LogP contribution in [-0.4, -0.2) is 53.4 Å². The lowest BCUT2D eigenvalue weighted by atomic mass is 9.72. The maximum atomic E-state index is 12.9. The third kappa shape index (κ3) is 3.99. The number of carbonyl (C=O) groups excluding carboxylic acids is 2. The molecule has 4 heterocycles. The molecule has 6 heteroatoms. The highest BCUT2D eigenvalue weighted by Gasteiger charge is 2.49. The van der Waals surface area contributed by atoms with Gasteiger partial charge in [0.1, 0.15) is 5.82 Å². The van der Waals surface area contributed by atoms with Gasteiger partial charge in [0.15, 0.2) is 0 Å². The lowest BCUT2D eigenvalue weighted by molar-refractivity contribution is -0.149. The third-order valence-electron chi connectivity index (χ3n) is 7.14. The van der Waals surface area contributed by atoms with Gasteiger partial charge in [-0.1, -0.05) is 13.0 Å². The second kappa shape index (κ2) is 8.33. The number of piperidine rings is 3. The Bertz CT molecular complexity index is 780. The number of fused-ring (bicyclic) bond motifs is 4. The highest BCUT2D eigenvalue weighted by molar-refractivity contribution is 5.79. The first-order chi connectivity index (χ1) is 14.0. The van der Waals surface area contributed by atoms with Crippen LogP contribution in [-0.2, 0) is 9.59 Å². The summed E-state index contributed by atoms with van der Waals surface area (Å²) in [6.07, 6.45) is 5.26. The van der Waals surface area contributed by atoms with Crippen LogP contribution in [0.1, 0.15) is 56.7 Å². The van der Waals surface area contributed by atoms with Crippen molar-refractivity contribution in [1.82, 2.24) is 15.2 Å². The Hall–Kier alpha value is -2.11. The van der Waals surface area contributed by atoms with Crippen LogP contribution in [0, 0.1) is 25.7 Å². The highest BCUT2D eigenvalue weighted by Crippen LogP contribution is 2.42. The molecular weight excluding hydrogens is 364 g/mol. The van der Waals surface area contributed by atoms with Crippen LogP contribution in [0.3, 0.4) is 0 Å². The fraction of sp³-hybridized carbons (Fsp3) is 0.696. The summed E-state index contributed by atoms with van der Waals surface area (Å²) in [6.45, 7) is 8.62. The van der Waals surface area contributed by atoms with Gasteiger partial charge in [-0.3, -0.25) is 9.59 Å². The summed E-state index contributed by atoms with van der Waals surface area (Å²) in [6, 6.07) is 4.68. The molecule has 3 fully saturated rings. The fourth-order valence-corrected chi connectivity index (χ4v) is 5.55. The van der Waals surface area contributed by atoms with E-state index in [4.69, 9.17) is 4.98 Å². The largest absolute Gasteiger partial charge is 0.356 e. The van der Waals surface area contributed by atoms with Crippen LogP contribution in [0.5, 0.6) is 0 Å². The van der Waals surface area contributed by atoms with E-state index in [0.717, 1.165) is 50.3 Å². The van der Waals surface area contributed by atoms with Crippen molar-refractivity contribution in [2.24, 2.45) is 11.8 Å². The standard InChI is InChI=1S/C23H34N4O2/c1-4-6-22(28)24-12-20-18-11-17(19-7-5-8-23(29)27(19)20)13-26(14-18)21-10-9-15(2)16(3)25-21/h9-10,17-20H,4-8,11-14H2,1-3H3,(H,24,28)/t17-,18+,19+,20+/m1/s1. The van der Waals surface area contributed by atoms with Crippen molar-refractivity contribution in [3.8, 4) is 0 Å². The molecule has 0 unspecified atom stereocenters. The van der Waals surface area contributed by atoms with Gasteiger partial charge < -0.3 is 15.1 Å². The minimum absolute atomic E-state index is 0.0964. The van der Waals surface area contributed by atoms with E-state index >= 15 is 0 Å². The molecule has 4 rings (SSSR count). The Morgan fingerprint density at radius 3 is 2.79 bits per heavy atom. The normalized spacial score (nSPS) is 28.9. The van der Waals surface area contributed by atoms with Crippen molar-refractivity contribution >= 4 is 17.6 Å². The quantitative estimate of drug-likeness (QED) is 0.828. The summed E-state index contributed by atoms with van der Waals surface area (Å²) in [7, 11) is 0. The molecule has 1 N–H and O–H groups in total. The fourth-order valence-electron chi connectivity index (χ4n) is 5.55. The summed E-state index contributed by atoms with van der Waals surface area (Å²) < 4.78 is 0. The second-order valence-electron chi connectivity index (χ2n) is 9.11. The molecule has 3 aliphatic heterocycles. The molecule has 0 saturated carbocycles. The highest BCUT2D eigenvalue weighted by atomic mass is 16.2. The predicted molar refractivity (Wildman–Crippen MR) is 114 cm³/mol. The van der Waals surface area contributed by atoms with Gasteiger partial charge in [-0.05, 0) is 63.0 Å². The van der Waals surface area contributed by atoms with E-state index in [1.165, 1.54) is 5.56 Å². The SMILES string of the molecule is CCCC(=O)NC[C@H]1[C@H]2C[C@H](CN(c3ccc(C)c(C)n3)C2)[C@@H]2CCCC(=O)N21. The number of nitrogens with one attached hydrogen (secondary N) is 1. The molecule has 0 aliphatic carbocycles. The summed E-state index contributed by atoms with van der Waals surface area (Å²) in [5, 5.41) is 3.11. The van der Waals surface area contributed by atoms with Gasteiger partial charge in [-0.2, -0.15) is 0 Å². The smallest absolute Gasteiger partial charge is 0.223 e. The van der Waals surface area contributed by atoms with Crippen LogP contribution < -0.4 is 10.2 Å². The van der Waals surface area contributed by atoms with Crippen LogP contribution >= 0.6 is 0 Å². The molecule has 0 aromatic carbocycles. The second-order valence-corrected chi connectivity index (χ2v) is 9.11. The number of aromatic nitrogens is 1. The van der Waals surface area contributed by atoms with E-state index in [-0.39, 0.29) is 17.9 Å². The molecule has 2 amide bonds. The van der Waals surface area contributed by atoms with Crippen molar-refractivity contribution < 1.29 is 9.59 Å². The van der Waals surface area contributed by atoms with Crippen molar-refractivity contribution in [3.05, 3.63) is 23.4 Å². The molecule has 0 radical (unpaired) electrons. The Balaban J connectivity index is 1.57. The van der Waals surface area contributed by atoms with Crippen LogP contribution in [0.2, 0.25) is 0 Å². The third-order valence-corrected chi connectivity index (χ3v) is 7.14. The number of hydrogen-bond acceptors (Lipinski definition) is 4. The number of aryl methyl sites for hydroxylation is 2. The van der Waals surface area contributed by atoms with Gasteiger partial charge in [0.2, 0.25) is 11.8 Å². The van der Waals surface area contributed by atoms with Gasteiger partial charge in [0.05, 0.1) is 6.04 Å². The maximum Gasteiger partial charge on any atom is 0.223 e. The van der Waals surface area contributed by atoms with Gasteiger partial charge in [0, 0.05) is 44.2 Å². The molecule has 3 aliphatic rings. The van der Waals surface area contributed by atoms with Gasteiger partial charge in [-0.25, -0.2) is 4.98 Å². The van der Waals surface area contributed by atoms with Crippen LogP contribution in [0.15, 0.2) is 12.1 Å². The first-order valence-corrected chi connectivity index (χ1v) is 11.2. The molecule has 2 bridgehead atoms. The molecule has 1 aromatic heterocycles. The van der Waals surface area contributed by atoms with E-state index in [1.54, 1.807) is 0 Å². The zero-order valence-electron chi connectivity index (χ0n) is 18.0. The monoisotopic (exact) mass is 398 g/mol. The Morgan fingerprint density at radius 1 is 1.24 bits per heavy atom. The molecule has 1 aromatic rings. The first kappa shape index (κ1) is 20.2. The molecule has 158 valence electrons. The summed E-state index contributed by atoms with van der Waals surface area (Å²) >= 11 is 0. The number of nitrogens with zero attached hydrogens (tertiary/aromatic N) is 3. The summed E-state index contributed by atoms with van der Waals surface area (Å²) in [5.74, 6) is 2.29. The Kier molecular flexibility index (Phi) is 5.79. The summed E-state index contributed by atoms with van der Waals surface area (Å²) in [5.41, 5.74) is 2.29. The number of amides is 2. The number of hydrogen-bond donors (Lipinski definition) is 1. The summed E-state index contributed by atoms with van der Waals surface area (Å²) in [4.78, 5) is 34.4. The van der Waals surface area contributed by atoms with E-state index in [0.29, 0.717) is 37.3 Å². The molecule has 29 heavy (non-hydrogen) atoms. The van der Waals surface area contributed by atoms with E-state index < -0.39 is 0 Å². The van der Waals surface area contributed by atoms with Crippen LogP contribution in [0.4, 0.5) is 5.82 Å². The molecule has 6 nitrogen and oxygen atoms in total. The van der Waals surface area contributed by atoms with Gasteiger partial charge in [-0.15, -0.1) is 0 Å². The lowest BCUT2D eigenvalue weighted by Crippen LogP contribution is -2.67. The Labute approximate surface area is 174 Å². The topological polar surface area (TPSA) is 65.5 Å². The van der Waals surface area contributed by atoms with E-state index in [2.05, 4.69) is 41.1 Å². The minimum Gasteiger partial charge on any atom is -0.356 e. The average molecular weight is 399 g/mol. The van der Waals surface area contributed by atoms with Crippen molar-refractivity contribution in [2.75, 3.05) is 24.5 Å². The molecule has 4 atom stereocenters. The van der Waals surface area contributed by atoms with Gasteiger partial charge in [0.25, 0.3) is 0 Å². The zero-order chi connectivity index (χ0) is 20.5. The molecule has 0 spiro atoms. The minimum atomic E-state index is 0.0964.